The molecule has 3 nitrogen and oxygen atoms in total. The number of nitrogens with one attached hydrogen (secondary N) is 1. The average molecular weight is 284 g/mol. The standard InChI is InChI=1S/C17H17FN2O/c18-14-8-6-12(7-9-14)15(16-3-1-2-10-19-16)11-20-17(21)13-4-5-13/h1-3,6-10,13,15H,4-5,11H2,(H,20,21). The minimum Gasteiger partial charge on any atom is -0.355 e. The number of hydrogen-bond donors (Lipinski definition) is 1. The van der Waals surface area contributed by atoms with Gasteiger partial charge in [-0.15, -0.1) is 0 Å². The molecule has 108 valence electrons. The van der Waals surface area contributed by atoms with Crippen molar-refractivity contribution in [3.63, 3.8) is 0 Å². The predicted octanol–water partition coefficient (Wildman–Crippen LogP) is 2.88. The van der Waals surface area contributed by atoms with Gasteiger partial charge in [-0.3, -0.25) is 9.78 Å². The van der Waals surface area contributed by atoms with Crippen LogP contribution in [-0.2, 0) is 4.79 Å². The molecule has 1 aliphatic carbocycles. The lowest BCUT2D eigenvalue weighted by molar-refractivity contribution is -0.122. The number of amides is 1. The minimum atomic E-state index is -0.263. The fourth-order valence-electron chi connectivity index (χ4n) is 2.36. The monoisotopic (exact) mass is 284 g/mol. The van der Waals surface area contributed by atoms with Crippen LogP contribution >= 0.6 is 0 Å². The van der Waals surface area contributed by atoms with Crippen LogP contribution in [0, 0.1) is 11.7 Å². The molecule has 1 aromatic carbocycles. The Bertz CT molecular complexity index is 608. The number of rotatable bonds is 5. The van der Waals surface area contributed by atoms with Crippen LogP contribution in [0.5, 0.6) is 0 Å². The Hall–Kier alpha value is -2.23. The Morgan fingerprint density at radius 1 is 1.24 bits per heavy atom. The van der Waals surface area contributed by atoms with Crippen LogP contribution in [0.4, 0.5) is 4.39 Å². The lowest BCUT2D eigenvalue weighted by atomic mass is 9.95. The van der Waals surface area contributed by atoms with Crippen molar-refractivity contribution < 1.29 is 9.18 Å². The lowest BCUT2D eigenvalue weighted by Gasteiger charge is -2.18. The van der Waals surface area contributed by atoms with E-state index in [1.807, 2.05) is 18.2 Å². The van der Waals surface area contributed by atoms with E-state index in [0.717, 1.165) is 24.1 Å². The topological polar surface area (TPSA) is 42.0 Å². The van der Waals surface area contributed by atoms with Crippen molar-refractivity contribution in [1.82, 2.24) is 10.3 Å². The van der Waals surface area contributed by atoms with Crippen molar-refractivity contribution in [1.29, 1.82) is 0 Å². The molecule has 1 amide bonds. The minimum absolute atomic E-state index is 0.0606. The van der Waals surface area contributed by atoms with Crippen LogP contribution < -0.4 is 5.32 Å². The molecule has 1 atom stereocenters. The second-order valence-electron chi connectivity index (χ2n) is 5.38. The van der Waals surface area contributed by atoms with Gasteiger partial charge in [0.2, 0.25) is 5.91 Å². The van der Waals surface area contributed by atoms with Crippen LogP contribution in [0.2, 0.25) is 0 Å². The first-order valence-electron chi connectivity index (χ1n) is 7.18. The van der Waals surface area contributed by atoms with Crippen molar-refractivity contribution >= 4 is 5.91 Å². The highest BCUT2D eigenvalue weighted by molar-refractivity contribution is 5.80. The van der Waals surface area contributed by atoms with Crippen LogP contribution in [0.3, 0.4) is 0 Å². The molecule has 21 heavy (non-hydrogen) atoms. The van der Waals surface area contributed by atoms with E-state index in [-0.39, 0.29) is 23.6 Å². The van der Waals surface area contributed by atoms with Crippen molar-refractivity contribution in [3.8, 4) is 0 Å². The number of carbonyl (C=O) groups excluding carboxylic acids is 1. The molecule has 0 aliphatic heterocycles. The second kappa shape index (κ2) is 6.04. The SMILES string of the molecule is O=C(NCC(c1ccc(F)cc1)c1ccccn1)C1CC1. The summed E-state index contributed by atoms with van der Waals surface area (Å²) in [4.78, 5) is 16.2. The van der Waals surface area contributed by atoms with Crippen LogP contribution in [-0.4, -0.2) is 17.4 Å². The van der Waals surface area contributed by atoms with Gasteiger partial charge < -0.3 is 5.32 Å². The summed E-state index contributed by atoms with van der Waals surface area (Å²) in [6.45, 7) is 0.484. The highest BCUT2D eigenvalue weighted by Gasteiger charge is 2.30. The Morgan fingerprint density at radius 3 is 2.62 bits per heavy atom. The molecule has 1 fully saturated rings. The second-order valence-corrected chi connectivity index (χ2v) is 5.38. The summed E-state index contributed by atoms with van der Waals surface area (Å²) in [6, 6.07) is 12.1. The van der Waals surface area contributed by atoms with Crippen LogP contribution in [0.1, 0.15) is 30.0 Å². The maximum Gasteiger partial charge on any atom is 0.223 e. The number of benzene rings is 1. The molecule has 0 bridgehead atoms. The molecule has 0 saturated heterocycles. The molecule has 3 rings (SSSR count). The molecule has 1 N–H and O–H groups in total. The first-order valence-corrected chi connectivity index (χ1v) is 7.18. The number of hydrogen-bond acceptors (Lipinski definition) is 2. The smallest absolute Gasteiger partial charge is 0.223 e. The highest BCUT2D eigenvalue weighted by Crippen LogP contribution is 2.29. The molecule has 1 unspecified atom stereocenters. The van der Waals surface area contributed by atoms with Gasteiger partial charge in [0.15, 0.2) is 0 Å². The fraction of sp³-hybridized carbons (Fsp3) is 0.294. The van der Waals surface area contributed by atoms with Gasteiger partial charge in [-0.25, -0.2) is 4.39 Å². The molecule has 0 radical (unpaired) electrons. The van der Waals surface area contributed by atoms with E-state index in [2.05, 4.69) is 10.3 Å². The Balaban J connectivity index is 1.80. The zero-order valence-corrected chi connectivity index (χ0v) is 11.6. The fourth-order valence-corrected chi connectivity index (χ4v) is 2.36. The maximum atomic E-state index is 13.1. The van der Waals surface area contributed by atoms with Gasteiger partial charge in [-0.1, -0.05) is 18.2 Å². The summed E-state index contributed by atoms with van der Waals surface area (Å²) in [5, 5.41) is 2.98. The Kier molecular flexibility index (Phi) is 3.95. The Labute approximate surface area is 123 Å². The van der Waals surface area contributed by atoms with Crippen LogP contribution in [0.25, 0.3) is 0 Å². The van der Waals surface area contributed by atoms with Gasteiger partial charge in [0, 0.05) is 30.3 Å². The molecule has 2 aromatic rings. The van der Waals surface area contributed by atoms with Gasteiger partial charge >= 0.3 is 0 Å². The molecule has 1 aromatic heterocycles. The van der Waals surface area contributed by atoms with E-state index < -0.39 is 0 Å². The summed E-state index contributed by atoms with van der Waals surface area (Å²) in [5.41, 5.74) is 1.83. The quantitative estimate of drug-likeness (QED) is 0.917. The van der Waals surface area contributed by atoms with E-state index in [1.54, 1.807) is 18.3 Å². The van der Waals surface area contributed by atoms with Gasteiger partial charge in [0.05, 0.1) is 0 Å². The third-order valence-corrected chi connectivity index (χ3v) is 3.75. The third-order valence-electron chi connectivity index (χ3n) is 3.75. The zero-order chi connectivity index (χ0) is 14.7. The van der Waals surface area contributed by atoms with E-state index in [4.69, 9.17) is 0 Å². The molecule has 0 spiro atoms. The summed E-state index contributed by atoms with van der Waals surface area (Å²) >= 11 is 0. The lowest BCUT2D eigenvalue weighted by Crippen LogP contribution is -2.30. The van der Waals surface area contributed by atoms with Gasteiger partial charge in [-0.2, -0.15) is 0 Å². The number of halogens is 1. The number of pyridine rings is 1. The number of carbonyl (C=O) groups is 1. The first kappa shape index (κ1) is 13.7. The predicted molar refractivity (Wildman–Crippen MR) is 78.2 cm³/mol. The van der Waals surface area contributed by atoms with E-state index in [0.29, 0.717) is 6.54 Å². The molecule has 1 aliphatic rings. The molecule has 4 heteroatoms. The molecular weight excluding hydrogens is 267 g/mol. The molecular formula is C17H17FN2O. The highest BCUT2D eigenvalue weighted by atomic mass is 19.1. The van der Waals surface area contributed by atoms with Gasteiger partial charge in [-0.05, 0) is 42.7 Å². The summed E-state index contributed by atoms with van der Waals surface area (Å²) in [7, 11) is 0. The van der Waals surface area contributed by atoms with E-state index in [1.165, 1.54) is 12.1 Å². The van der Waals surface area contributed by atoms with Crippen molar-refractivity contribution in [2.24, 2.45) is 5.92 Å². The zero-order valence-electron chi connectivity index (χ0n) is 11.6. The third kappa shape index (κ3) is 3.45. The van der Waals surface area contributed by atoms with Crippen molar-refractivity contribution in [2.45, 2.75) is 18.8 Å². The summed E-state index contributed by atoms with van der Waals surface area (Å²) in [5.74, 6) is -0.0318. The van der Waals surface area contributed by atoms with E-state index >= 15 is 0 Å². The van der Waals surface area contributed by atoms with Crippen molar-refractivity contribution in [3.05, 3.63) is 65.7 Å². The van der Waals surface area contributed by atoms with E-state index in [9.17, 15) is 9.18 Å². The largest absolute Gasteiger partial charge is 0.355 e. The Morgan fingerprint density at radius 2 is 2.00 bits per heavy atom. The average Bonchev–Trinajstić information content (AvgIpc) is 3.35. The first-order chi connectivity index (χ1) is 10.2. The van der Waals surface area contributed by atoms with Gasteiger partial charge in [0.1, 0.15) is 5.82 Å². The van der Waals surface area contributed by atoms with Crippen LogP contribution in [0.15, 0.2) is 48.7 Å². The molecule has 1 heterocycles. The summed E-state index contributed by atoms with van der Waals surface area (Å²) < 4.78 is 13.1. The summed E-state index contributed by atoms with van der Waals surface area (Å²) in [6.07, 6.45) is 3.70. The number of aromatic nitrogens is 1. The normalized spacial score (nSPS) is 15.5. The van der Waals surface area contributed by atoms with Crippen molar-refractivity contribution in [2.75, 3.05) is 6.54 Å². The number of nitrogens with zero attached hydrogens (tertiary/aromatic N) is 1. The maximum absolute atomic E-state index is 13.1. The molecule has 1 saturated carbocycles. The van der Waals surface area contributed by atoms with Gasteiger partial charge in [0.25, 0.3) is 0 Å².